The molecule has 184 valence electrons. The number of morpholine rings is 1. The van der Waals surface area contributed by atoms with Crippen LogP contribution in [-0.4, -0.2) is 80.3 Å². The van der Waals surface area contributed by atoms with Gasteiger partial charge in [-0.25, -0.2) is 14.3 Å². The van der Waals surface area contributed by atoms with E-state index in [1.807, 2.05) is 42.5 Å². The van der Waals surface area contributed by atoms with Gasteiger partial charge in [-0.2, -0.15) is 5.10 Å². The maximum atomic E-state index is 12.9. The molecule has 1 aliphatic heterocycles. The summed E-state index contributed by atoms with van der Waals surface area (Å²) >= 11 is 0. The maximum absolute atomic E-state index is 12.9. The van der Waals surface area contributed by atoms with Crippen LogP contribution in [0.4, 0.5) is 0 Å². The summed E-state index contributed by atoms with van der Waals surface area (Å²) in [6, 6.07) is 16.4. The summed E-state index contributed by atoms with van der Waals surface area (Å²) in [5.41, 5.74) is 1.48. The molecule has 0 saturated carbocycles. The number of nitrogens with zero attached hydrogens (tertiary/aromatic N) is 3. The van der Waals surface area contributed by atoms with Gasteiger partial charge >= 0.3 is 11.9 Å². The lowest BCUT2D eigenvalue weighted by Gasteiger charge is -2.26. The summed E-state index contributed by atoms with van der Waals surface area (Å²) in [5.74, 6) is -0.824. The molecule has 0 N–H and O–H groups in total. The molecule has 0 aliphatic carbocycles. The molecule has 0 unspecified atom stereocenters. The number of ether oxygens (including phenoxy) is 4. The van der Waals surface area contributed by atoms with Crippen molar-refractivity contribution in [1.29, 1.82) is 0 Å². The smallest absolute Gasteiger partial charge is 0.357 e. The van der Waals surface area contributed by atoms with E-state index in [1.54, 1.807) is 12.1 Å². The Morgan fingerprint density at radius 2 is 1.63 bits per heavy atom. The third kappa shape index (κ3) is 5.52. The average molecular weight is 480 g/mol. The Labute approximate surface area is 204 Å². The number of aromatic nitrogens is 2. The fourth-order valence-electron chi connectivity index (χ4n) is 4.03. The summed E-state index contributed by atoms with van der Waals surface area (Å²) in [7, 11) is 2.53. The number of carbonyl (C=O) groups is 2. The van der Waals surface area contributed by atoms with Crippen molar-refractivity contribution < 1.29 is 28.5 Å². The number of hydrogen-bond donors (Lipinski definition) is 0. The van der Waals surface area contributed by atoms with Crippen LogP contribution in [0.25, 0.3) is 16.9 Å². The van der Waals surface area contributed by atoms with Crippen molar-refractivity contribution in [3.63, 3.8) is 0 Å². The molecule has 0 bridgehead atoms. The number of esters is 2. The third-order valence-electron chi connectivity index (χ3n) is 5.78. The number of hydrogen-bond acceptors (Lipinski definition) is 8. The van der Waals surface area contributed by atoms with Crippen molar-refractivity contribution in [3.8, 4) is 22.7 Å². The molecule has 0 spiro atoms. The van der Waals surface area contributed by atoms with E-state index in [1.165, 1.54) is 18.9 Å². The molecule has 9 heteroatoms. The zero-order valence-electron chi connectivity index (χ0n) is 19.9. The normalized spacial score (nSPS) is 13.9. The van der Waals surface area contributed by atoms with E-state index in [0.29, 0.717) is 23.6 Å². The van der Waals surface area contributed by atoms with Crippen LogP contribution in [0.3, 0.4) is 0 Å². The van der Waals surface area contributed by atoms with Crippen LogP contribution in [0.5, 0.6) is 5.75 Å². The second-order valence-electron chi connectivity index (χ2n) is 7.95. The predicted molar refractivity (Wildman–Crippen MR) is 129 cm³/mol. The van der Waals surface area contributed by atoms with E-state index in [0.717, 1.165) is 39.3 Å². The molecule has 0 amide bonds. The third-order valence-corrected chi connectivity index (χ3v) is 5.78. The summed E-state index contributed by atoms with van der Waals surface area (Å²) in [6.45, 7) is 4.76. The summed E-state index contributed by atoms with van der Waals surface area (Å²) < 4.78 is 22.9. The van der Waals surface area contributed by atoms with Gasteiger partial charge in [-0.3, -0.25) is 4.90 Å². The molecule has 2 heterocycles. The molecule has 1 saturated heterocycles. The number of carbonyl (C=O) groups excluding carboxylic acids is 2. The number of methoxy groups -OCH3 is 2. The van der Waals surface area contributed by atoms with Crippen molar-refractivity contribution in [1.82, 2.24) is 14.7 Å². The zero-order chi connectivity index (χ0) is 24.6. The van der Waals surface area contributed by atoms with Crippen molar-refractivity contribution in [2.45, 2.75) is 6.42 Å². The lowest BCUT2D eigenvalue weighted by molar-refractivity contribution is 0.0358. The SMILES string of the molecule is COC(=O)c1c(-c2ccccc2OCCCN2CCOCC2)nn(-c2ccccc2)c1C(=O)OC. The second kappa shape index (κ2) is 11.6. The Hall–Kier alpha value is -3.69. The molecule has 0 radical (unpaired) electrons. The van der Waals surface area contributed by atoms with E-state index in [2.05, 4.69) is 10.00 Å². The average Bonchev–Trinajstić information content (AvgIpc) is 3.32. The highest BCUT2D eigenvalue weighted by molar-refractivity contribution is 6.07. The molecular weight excluding hydrogens is 450 g/mol. The predicted octanol–water partition coefficient (Wildman–Crippen LogP) is 3.21. The Morgan fingerprint density at radius 1 is 0.943 bits per heavy atom. The van der Waals surface area contributed by atoms with Crippen LogP contribution in [-0.2, 0) is 14.2 Å². The summed E-state index contributed by atoms with van der Waals surface area (Å²) in [4.78, 5) is 28.0. The van der Waals surface area contributed by atoms with Crippen LogP contribution < -0.4 is 4.74 Å². The van der Waals surface area contributed by atoms with Gasteiger partial charge in [0.15, 0.2) is 5.69 Å². The van der Waals surface area contributed by atoms with Gasteiger partial charge in [0.05, 0.1) is 39.7 Å². The standard InChI is InChI=1S/C26H29N3O6/c1-32-25(30)22-23(27-29(24(22)26(31)33-2)19-9-4-3-5-10-19)20-11-6-7-12-21(20)35-16-8-13-28-14-17-34-18-15-28/h3-7,9-12H,8,13-18H2,1-2H3. The molecule has 9 nitrogen and oxygen atoms in total. The monoisotopic (exact) mass is 479 g/mol. The van der Waals surface area contributed by atoms with Gasteiger partial charge in [0.1, 0.15) is 17.0 Å². The molecular formula is C26H29N3O6. The van der Waals surface area contributed by atoms with Gasteiger partial charge in [0, 0.05) is 25.2 Å². The first-order valence-corrected chi connectivity index (χ1v) is 11.5. The zero-order valence-corrected chi connectivity index (χ0v) is 19.9. The molecule has 3 aromatic rings. The van der Waals surface area contributed by atoms with Gasteiger partial charge in [-0.05, 0) is 30.7 Å². The first kappa shape index (κ1) is 24.4. The molecule has 4 rings (SSSR count). The minimum absolute atomic E-state index is 0.0114. The van der Waals surface area contributed by atoms with Crippen LogP contribution in [0, 0.1) is 0 Å². The topological polar surface area (TPSA) is 92.1 Å². The highest BCUT2D eigenvalue weighted by atomic mass is 16.5. The molecule has 1 aliphatic rings. The van der Waals surface area contributed by atoms with Gasteiger partial charge in [0.2, 0.25) is 0 Å². The van der Waals surface area contributed by atoms with Crippen LogP contribution >= 0.6 is 0 Å². The Kier molecular flexibility index (Phi) is 8.12. The Balaban J connectivity index is 1.69. The minimum Gasteiger partial charge on any atom is -0.493 e. The Morgan fingerprint density at radius 3 is 2.34 bits per heavy atom. The fraction of sp³-hybridized carbons (Fsp3) is 0.346. The molecule has 2 aromatic carbocycles. The van der Waals surface area contributed by atoms with Crippen LogP contribution in [0.1, 0.15) is 27.3 Å². The first-order valence-electron chi connectivity index (χ1n) is 11.5. The van der Waals surface area contributed by atoms with E-state index in [4.69, 9.17) is 18.9 Å². The fourth-order valence-corrected chi connectivity index (χ4v) is 4.03. The quantitative estimate of drug-likeness (QED) is 0.341. The molecule has 0 atom stereocenters. The van der Waals surface area contributed by atoms with Crippen LogP contribution in [0.15, 0.2) is 54.6 Å². The van der Waals surface area contributed by atoms with Crippen molar-refractivity contribution in [3.05, 3.63) is 65.9 Å². The summed E-state index contributed by atoms with van der Waals surface area (Å²) in [5, 5.41) is 4.66. The van der Waals surface area contributed by atoms with Crippen LogP contribution in [0.2, 0.25) is 0 Å². The van der Waals surface area contributed by atoms with E-state index >= 15 is 0 Å². The Bertz CT molecular complexity index is 1160. The second-order valence-corrected chi connectivity index (χ2v) is 7.95. The van der Waals surface area contributed by atoms with E-state index in [9.17, 15) is 9.59 Å². The van der Waals surface area contributed by atoms with Crippen molar-refractivity contribution >= 4 is 11.9 Å². The van der Waals surface area contributed by atoms with Gasteiger partial charge < -0.3 is 18.9 Å². The number of rotatable bonds is 9. The van der Waals surface area contributed by atoms with E-state index in [-0.39, 0.29) is 17.0 Å². The highest BCUT2D eigenvalue weighted by Gasteiger charge is 2.32. The number of para-hydroxylation sites is 2. The lowest BCUT2D eigenvalue weighted by atomic mass is 10.0. The lowest BCUT2D eigenvalue weighted by Crippen LogP contribution is -2.37. The van der Waals surface area contributed by atoms with E-state index < -0.39 is 11.9 Å². The number of benzene rings is 2. The highest BCUT2D eigenvalue weighted by Crippen LogP contribution is 2.35. The molecule has 35 heavy (non-hydrogen) atoms. The minimum atomic E-state index is -0.697. The molecule has 1 fully saturated rings. The van der Waals surface area contributed by atoms with Gasteiger partial charge in [-0.1, -0.05) is 30.3 Å². The van der Waals surface area contributed by atoms with Gasteiger partial charge in [-0.15, -0.1) is 0 Å². The maximum Gasteiger partial charge on any atom is 0.357 e. The molecule has 1 aromatic heterocycles. The van der Waals surface area contributed by atoms with Gasteiger partial charge in [0.25, 0.3) is 0 Å². The van der Waals surface area contributed by atoms with Crippen molar-refractivity contribution in [2.24, 2.45) is 0 Å². The van der Waals surface area contributed by atoms with Crippen molar-refractivity contribution in [2.75, 3.05) is 53.7 Å². The first-order chi connectivity index (χ1) is 17.1. The largest absolute Gasteiger partial charge is 0.493 e. The summed E-state index contributed by atoms with van der Waals surface area (Å²) in [6.07, 6.45) is 0.837.